The van der Waals surface area contributed by atoms with Gasteiger partial charge in [0.05, 0.1) is 16.7 Å². The smallest absolute Gasteiger partial charge is 0.198 e. The van der Waals surface area contributed by atoms with Crippen molar-refractivity contribution >= 4 is 79.4 Å². The molecule has 0 atom stereocenters. The topological polar surface area (TPSA) is 33.3 Å². The lowest BCUT2D eigenvalue weighted by molar-refractivity contribution is 0.332. The number of furan rings is 1. The van der Waals surface area contributed by atoms with E-state index in [9.17, 15) is 0 Å². The zero-order valence-electron chi connectivity index (χ0n) is 49.1. The molecule has 401 valence electrons. The average molecular weight is 1060 g/mol. The first-order valence-electron chi connectivity index (χ1n) is 29.5. The summed E-state index contributed by atoms with van der Waals surface area (Å²) in [5.41, 5.74) is 25.0. The van der Waals surface area contributed by atoms with E-state index in [1.54, 1.807) is 0 Å². The van der Waals surface area contributed by atoms with Crippen molar-refractivity contribution in [1.82, 2.24) is 4.57 Å². The highest BCUT2D eigenvalue weighted by molar-refractivity contribution is 6.74. The maximum absolute atomic E-state index is 7.20. The summed E-state index contributed by atoms with van der Waals surface area (Å²) in [6, 6.07) is 70.4. The van der Waals surface area contributed by atoms with Gasteiger partial charge in [0.25, 0.3) is 0 Å². The van der Waals surface area contributed by atoms with E-state index in [1.807, 2.05) is 0 Å². The minimum absolute atomic E-state index is 0.0134. The molecule has 14 rings (SSSR count). The van der Waals surface area contributed by atoms with Gasteiger partial charge in [-0.3, -0.25) is 0 Å². The molecule has 0 bridgehead atoms. The molecule has 2 aliphatic carbocycles. The highest BCUT2D eigenvalue weighted by Gasteiger charge is 2.42. The van der Waals surface area contributed by atoms with E-state index >= 15 is 0 Å². The van der Waals surface area contributed by atoms with Gasteiger partial charge in [0.2, 0.25) is 0 Å². The summed E-state index contributed by atoms with van der Waals surface area (Å²) in [4.78, 5) is 2.53. The van der Waals surface area contributed by atoms with Crippen LogP contribution in [-0.2, 0) is 27.1 Å². The van der Waals surface area contributed by atoms with Crippen LogP contribution in [0, 0.1) is 0 Å². The second-order valence-electron chi connectivity index (χ2n) is 27.4. The fourth-order valence-corrected chi connectivity index (χ4v) is 14.1. The van der Waals surface area contributed by atoms with Gasteiger partial charge in [-0.25, -0.2) is 0 Å². The zero-order chi connectivity index (χ0) is 56.0. The van der Waals surface area contributed by atoms with Gasteiger partial charge >= 0.3 is 0 Å². The molecule has 1 N–H and O–H groups in total. The Morgan fingerprint density at radius 3 is 1.60 bits per heavy atom. The molecule has 3 aliphatic rings. The van der Waals surface area contributed by atoms with Crippen molar-refractivity contribution in [3.63, 3.8) is 0 Å². The predicted molar refractivity (Wildman–Crippen MR) is 346 cm³/mol. The first kappa shape index (κ1) is 51.2. The SMILES string of the molecule is CC(C)(C)c1ccc(Nc2cc3c(cc2-c2cc(N(c4ccccc4)c4ccccc4)c4c5cc6c(cc5n5c4c2[B]c2cc4oc(-c7ccccc7)c(-c7ccccc7)c4cc2-5)C(C)(C)CCC6(C)C)C(C)(C)CCC3(C)C)cc1. The number of anilines is 5. The van der Waals surface area contributed by atoms with E-state index in [0.29, 0.717) is 0 Å². The Morgan fingerprint density at radius 2 is 1.04 bits per heavy atom. The number of nitrogens with one attached hydrogen (secondary N) is 1. The molecule has 11 aromatic rings. The number of rotatable bonds is 8. The van der Waals surface area contributed by atoms with Crippen LogP contribution < -0.4 is 21.1 Å². The van der Waals surface area contributed by atoms with Crippen LogP contribution in [0.3, 0.4) is 0 Å². The van der Waals surface area contributed by atoms with Crippen LogP contribution in [0.15, 0.2) is 192 Å². The molecule has 0 saturated heterocycles. The molecule has 5 heteroatoms. The monoisotopic (exact) mass is 1050 g/mol. The molecule has 1 radical (unpaired) electrons. The normalized spacial score (nSPS) is 16.4. The third-order valence-corrected chi connectivity index (χ3v) is 19.1. The molecular formula is C76H73BN3O. The second-order valence-corrected chi connectivity index (χ2v) is 27.4. The molecule has 2 aromatic heterocycles. The molecule has 3 heterocycles. The summed E-state index contributed by atoms with van der Waals surface area (Å²) < 4.78 is 9.87. The summed E-state index contributed by atoms with van der Waals surface area (Å²) in [6.07, 6.45) is 4.48. The van der Waals surface area contributed by atoms with Gasteiger partial charge in [-0.15, -0.1) is 0 Å². The average Bonchev–Trinajstić information content (AvgIpc) is 2.47. The Bertz CT molecular complexity index is 4250. The molecule has 0 spiro atoms. The Hall–Kier alpha value is -8.02. The quantitative estimate of drug-likeness (QED) is 0.154. The number of fused-ring (bicyclic) bond motifs is 8. The van der Waals surface area contributed by atoms with Crippen molar-refractivity contribution in [1.29, 1.82) is 0 Å². The molecule has 0 saturated carbocycles. The lowest BCUT2D eigenvalue weighted by Crippen LogP contribution is -2.38. The lowest BCUT2D eigenvalue weighted by atomic mass is 9.58. The lowest BCUT2D eigenvalue weighted by Gasteiger charge is -2.42. The van der Waals surface area contributed by atoms with Gasteiger partial charge in [0.1, 0.15) is 11.3 Å². The third kappa shape index (κ3) is 8.31. The van der Waals surface area contributed by atoms with E-state index in [2.05, 4.69) is 286 Å². The summed E-state index contributed by atoms with van der Waals surface area (Å²) in [5, 5.41) is 7.73. The van der Waals surface area contributed by atoms with Crippen LogP contribution in [0.1, 0.15) is 130 Å². The van der Waals surface area contributed by atoms with Gasteiger partial charge in [-0.05, 0) is 176 Å². The molecule has 0 amide bonds. The van der Waals surface area contributed by atoms with Gasteiger partial charge in [0, 0.05) is 61.3 Å². The number of hydrogen-bond acceptors (Lipinski definition) is 3. The zero-order valence-corrected chi connectivity index (χ0v) is 49.1. The molecule has 1 aliphatic heterocycles. The number of nitrogens with zero attached hydrogens (tertiary/aromatic N) is 2. The van der Waals surface area contributed by atoms with Crippen molar-refractivity contribution in [3.05, 3.63) is 216 Å². The van der Waals surface area contributed by atoms with Crippen molar-refractivity contribution in [3.8, 4) is 39.3 Å². The van der Waals surface area contributed by atoms with E-state index < -0.39 is 0 Å². The minimum Gasteiger partial charge on any atom is -0.455 e. The van der Waals surface area contributed by atoms with Crippen LogP contribution in [0.4, 0.5) is 28.4 Å². The van der Waals surface area contributed by atoms with Crippen LogP contribution >= 0.6 is 0 Å². The number of aromatic nitrogens is 1. The molecule has 81 heavy (non-hydrogen) atoms. The molecular weight excluding hydrogens is 982 g/mol. The predicted octanol–water partition coefficient (Wildman–Crippen LogP) is 19.7. The summed E-state index contributed by atoms with van der Waals surface area (Å²) >= 11 is 0. The fraction of sp³-hybridized carbons (Fsp3) is 0.263. The van der Waals surface area contributed by atoms with Crippen molar-refractivity contribution in [2.24, 2.45) is 0 Å². The standard InChI is InChI=1S/C76H73BN3O/c1-72(2,3)49-32-34-50(35-33-49)78-62-44-59-57(73(4,5)36-38-75(59,8)9)40-53(62)54-42-65(79(51-28-20-14-21-29-51)52-30-22-15-23-31-52)68-55-41-58-60(76(10,11)39-37-74(58,6)7)45-63(55)80-64-43-56-66(46-61(64)77-69(54)70(68)80)81-71(48-26-18-13-19-27-48)67(56)47-24-16-12-17-25-47/h12-35,40-46,78H,36-39H2,1-11H3. The molecule has 4 nitrogen and oxygen atoms in total. The van der Waals surface area contributed by atoms with Gasteiger partial charge in [-0.2, -0.15) is 0 Å². The molecule has 0 fully saturated rings. The molecule has 0 unspecified atom stereocenters. The van der Waals surface area contributed by atoms with E-state index in [4.69, 9.17) is 4.42 Å². The Labute approximate surface area is 480 Å². The van der Waals surface area contributed by atoms with Crippen molar-refractivity contribution in [2.45, 2.75) is 129 Å². The first-order valence-corrected chi connectivity index (χ1v) is 29.5. The van der Waals surface area contributed by atoms with E-state index in [-0.39, 0.29) is 27.1 Å². The third-order valence-electron chi connectivity index (χ3n) is 19.1. The van der Waals surface area contributed by atoms with Crippen LogP contribution in [0.5, 0.6) is 0 Å². The second kappa shape index (κ2) is 18.2. The number of hydrogen-bond donors (Lipinski definition) is 1. The summed E-state index contributed by atoms with van der Waals surface area (Å²) in [6.45, 7) is 26.5. The first-order chi connectivity index (χ1) is 38.8. The largest absolute Gasteiger partial charge is 0.455 e. The van der Waals surface area contributed by atoms with Crippen LogP contribution in [0.25, 0.3) is 72.0 Å². The molecule has 9 aromatic carbocycles. The maximum atomic E-state index is 7.20. The Morgan fingerprint density at radius 1 is 0.519 bits per heavy atom. The van der Waals surface area contributed by atoms with Crippen LogP contribution in [0.2, 0.25) is 0 Å². The van der Waals surface area contributed by atoms with E-state index in [1.165, 1.54) is 66.2 Å². The van der Waals surface area contributed by atoms with Gasteiger partial charge < -0.3 is 19.2 Å². The fourth-order valence-electron chi connectivity index (χ4n) is 14.1. The summed E-state index contributed by atoms with van der Waals surface area (Å²) in [5.74, 6) is 0.882. The van der Waals surface area contributed by atoms with Gasteiger partial charge in [0.15, 0.2) is 7.28 Å². The number of para-hydroxylation sites is 2. The Kier molecular flexibility index (Phi) is 11.5. The van der Waals surface area contributed by atoms with E-state index in [0.717, 1.165) is 98.7 Å². The van der Waals surface area contributed by atoms with Crippen LogP contribution in [-0.4, -0.2) is 11.8 Å². The Balaban J connectivity index is 1.16. The highest BCUT2D eigenvalue weighted by atomic mass is 16.3. The van der Waals surface area contributed by atoms with Crippen molar-refractivity contribution in [2.75, 3.05) is 10.2 Å². The van der Waals surface area contributed by atoms with Gasteiger partial charge in [-0.1, -0.05) is 191 Å². The maximum Gasteiger partial charge on any atom is 0.198 e. The number of benzene rings is 9. The minimum atomic E-state index is -0.0432. The summed E-state index contributed by atoms with van der Waals surface area (Å²) in [7, 11) is 2.50. The van der Waals surface area contributed by atoms with Crippen molar-refractivity contribution < 1.29 is 4.42 Å². The highest BCUT2D eigenvalue weighted by Crippen LogP contribution is 2.54.